The second kappa shape index (κ2) is 8.38. The van der Waals surface area contributed by atoms with Gasteiger partial charge >= 0.3 is 0 Å². The highest BCUT2D eigenvalue weighted by atomic mass is 19.1. The molecule has 3 aromatic rings. The number of aryl methyl sites for hydroxylation is 1. The molecule has 0 bridgehead atoms. The molecule has 29 heavy (non-hydrogen) atoms. The number of nitrogens with zero attached hydrogens (tertiary/aromatic N) is 4. The largest absolute Gasteiger partial charge is 0.367 e. The van der Waals surface area contributed by atoms with E-state index in [0.717, 1.165) is 29.8 Å². The molecule has 4 rings (SSSR count). The van der Waals surface area contributed by atoms with Gasteiger partial charge in [-0.25, -0.2) is 4.39 Å². The van der Waals surface area contributed by atoms with Gasteiger partial charge in [-0.05, 0) is 61.7 Å². The molecule has 0 atom stereocenters. The molecule has 1 aliphatic carbocycles. The number of carbonyl (C=O) groups is 1. The summed E-state index contributed by atoms with van der Waals surface area (Å²) in [4.78, 5) is 12.4. The number of benzene rings is 1. The van der Waals surface area contributed by atoms with E-state index in [4.69, 9.17) is 0 Å². The van der Waals surface area contributed by atoms with Crippen LogP contribution >= 0.6 is 0 Å². The van der Waals surface area contributed by atoms with E-state index in [1.54, 1.807) is 36.0 Å². The van der Waals surface area contributed by atoms with Gasteiger partial charge in [0, 0.05) is 36.5 Å². The molecule has 2 aromatic heterocycles. The summed E-state index contributed by atoms with van der Waals surface area (Å²) in [6.07, 6.45) is 3.82. The minimum absolute atomic E-state index is 0.0993. The minimum Gasteiger partial charge on any atom is -0.367 e. The van der Waals surface area contributed by atoms with E-state index in [1.807, 2.05) is 12.1 Å². The summed E-state index contributed by atoms with van der Waals surface area (Å²) in [5, 5.41) is 18.3. The van der Waals surface area contributed by atoms with Crippen molar-refractivity contribution in [1.82, 2.24) is 25.3 Å². The molecule has 7 nitrogen and oxygen atoms in total. The zero-order valence-electron chi connectivity index (χ0n) is 16.2. The molecular formula is C21H23FN6O. The summed E-state index contributed by atoms with van der Waals surface area (Å²) >= 11 is 0. The van der Waals surface area contributed by atoms with Gasteiger partial charge in [-0.3, -0.25) is 9.48 Å². The van der Waals surface area contributed by atoms with Crippen molar-refractivity contribution in [3.8, 4) is 11.3 Å². The van der Waals surface area contributed by atoms with E-state index in [0.29, 0.717) is 30.4 Å². The average Bonchev–Trinajstić information content (AvgIpc) is 3.49. The molecule has 0 spiro atoms. The van der Waals surface area contributed by atoms with Crippen LogP contribution < -0.4 is 10.6 Å². The molecule has 0 unspecified atom stereocenters. The van der Waals surface area contributed by atoms with E-state index >= 15 is 0 Å². The van der Waals surface area contributed by atoms with Gasteiger partial charge in [0.05, 0.1) is 5.69 Å². The molecule has 0 aliphatic heterocycles. The van der Waals surface area contributed by atoms with Crippen LogP contribution in [0.15, 0.2) is 42.6 Å². The first kappa shape index (κ1) is 19.0. The maximum atomic E-state index is 13.6. The van der Waals surface area contributed by atoms with E-state index in [9.17, 15) is 9.18 Å². The third kappa shape index (κ3) is 4.77. The molecule has 0 saturated heterocycles. The van der Waals surface area contributed by atoms with E-state index in [1.165, 1.54) is 6.07 Å². The Bertz CT molecular complexity index is 1000. The highest BCUT2D eigenvalue weighted by molar-refractivity contribution is 5.76. The predicted molar refractivity (Wildman–Crippen MR) is 108 cm³/mol. The molecule has 1 fully saturated rings. The molecule has 1 aromatic carbocycles. The van der Waals surface area contributed by atoms with E-state index in [-0.39, 0.29) is 18.3 Å². The number of aromatic nitrogens is 4. The van der Waals surface area contributed by atoms with E-state index < -0.39 is 0 Å². The molecule has 0 radical (unpaired) electrons. The summed E-state index contributed by atoms with van der Waals surface area (Å²) in [6.45, 7) is 2.93. The van der Waals surface area contributed by atoms with Crippen LogP contribution in [0.25, 0.3) is 11.3 Å². The van der Waals surface area contributed by atoms with E-state index in [2.05, 4.69) is 25.9 Å². The zero-order valence-corrected chi connectivity index (χ0v) is 16.2. The van der Waals surface area contributed by atoms with Crippen molar-refractivity contribution in [2.24, 2.45) is 0 Å². The Morgan fingerprint density at radius 3 is 2.83 bits per heavy atom. The SMILES string of the molecule is Cc1cc(-c2cc(C3CC3)n(CC(=O)NCCNc3cccnn3)n2)ccc1F. The molecule has 1 aliphatic rings. The van der Waals surface area contributed by atoms with Crippen molar-refractivity contribution in [3.63, 3.8) is 0 Å². The fourth-order valence-electron chi connectivity index (χ4n) is 3.19. The Morgan fingerprint density at radius 2 is 2.10 bits per heavy atom. The minimum atomic E-state index is -0.231. The Balaban J connectivity index is 1.38. The van der Waals surface area contributed by atoms with Gasteiger partial charge in [0.25, 0.3) is 0 Å². The third-order valence-corrected chi connectivity index (χ3v) is 4.88. The molecule has 8 heteroatoms. The number of anilines is 1. The van der Waals surface area contributed by atoms with Crippen molar-refractivity contribution in [2.45, 2.75) is 32.2 Å². The predicted octanol–water partition coefficient (Wildman–Crippen LogP) is 2.89. The lowest BCUT2D eigenvalue weighted by Crippen LogP contribution is -2.32. The first-order valence-corrected chi connectivity index (χ1v) is 9.72. The van der Waals surface area contributed by atoms with Gasteiger partial charge in [-0.2, -0.15) is 10.2 Å². The van der Waals surface area contributed by atoms with Crippen LogP contribution in [0, 0.1) is 12.7 Å². The molecule has 150 valence electrons. The van der Waals surface area contributed by atoms with Crippen molar-refractivity contribution in [1.29, 1.82) is 0 Å². The fraction of sp³-hybridized carbons (Fsp3) is 0.333. The van der Waals surface area contributed by atoms with Gasteiger partial charge in [0.1, 0.15) is 18.2 Å². The summed E-state index contributed by atoms with van der Waals surface area (Å²) in [5.41, 5.74) is 3.28. The Labute approximate surface area is 168 Å². The quantitative estimate of drug-likeness (QED) is 0.574. The summed E-state index contributed by atoms with van der Waals surface area (Å²) in [5.74, 6) is 0.788. The van der Waals surface area contributed by atoms with Gasteiger partial charge in [-0.1, -0.05) is 0 Å². The van der Waals surface area contributed by atoms with Crippen molar-refractivity contribution >= 4 is 11.7 Å². The first-order chi connectivity index (χ1) is 14.1. The van der Waals surface area contributed by atoms with Crippen LogP contribution in [-0.2, 0) is 11.3 Å². The van der Waals surface area contributed by atoms with Crippen LogP contribution in [0.2, 0.25) is 0 Å². The van der Waals surface area contributed by atoms with Crippen LogP contribution in [0.4, 0.5) is 10.2 Å². The number of nitrogens with one attached hydrogen (secondary N) is 2. The molecule has 1 amide bonds. The zero-order chi connectivity index (χ0) is 20.2. The van der Waals surface area contributed by atoms with Crippen LogP contribution in [0.3, 0.4) is 0 Å². The molecule has 2 heterocycles. The highest BCUT2D eigenvalue weighted by Gasteiger charge is 2.29. The third-order valence-electron chi connectivity index (χ3n) is 4.88. The smallest absolute Gasteiger partial charge is 0.241 e. The molecule has 2 N–H and O–H groups in total. The van der Waals surface area contributed by atoms with Crippen LogP contribution in [0.5, 0.6) is 0 Å². The van der Waals surface area contributed by atoms with Crippen LogP contribution in [0.1, 0.15) is 30.0 Å². The second-order valence-corrected chi connectivity index (χ2v) is 7.24. The Morgan fingerprint density at radius 1 is 1.24 bits per heavy atom. The Kier molecular flexibility index (Phi) is 5.50. The molecular weight excluding hydrogens is 371 g/mol. The summed E-state index contributed by atoms with van der Waals surface area (Å²) in [6, 6.07) is 10.6. The monoisotopic (exact) mass is 394 g/mol. The highest BCUT2D eigenvalue weighted by Crippen LogP contribution is 2.41. The number of rotatable bonds is 8. The van der Waals surface area contributed by atoms with Gasteiger partial charge in [0.2, 0.25) is 5.91 Å². The Hall–Kier alpha value is -3.29. The molecule has 1 saturated carbocycles. The number of amides is 1. The maximum Gasteiger partial charge on any atom is 0.241 e. The fourth-order valence-corrected chi connectivity index (χ4v) is 3.19. The number of hydrogen-bond acceptors (Lipinski definition) is 5. The number of halogens is 1. The number of carbonyl (C=O) groups excluding carboxylic acids is 1. The normalized spacial score (nSPS) is 13.3. The van der Waals surface area contributed by atoms with Crippen LogP contribution in [-0.4, -0.2) is 39.0 Å². The van der Waals surface area contributed by atoms with Gasteiger partial charge < -0.3 is 10.6 Å². The maximum absolute atomic E-state index is 13.6. The van der Waals surface area contributed by atoms with Gasteiger partial charge in [0.15, 0.2) is 0 Å². The lowest BCUT2D eigenvalue weighted by molar-refractivity contribution is -0.121. The lowest BCUT2D eigenvalue weighted by Gasteiger charge is -2.09. The van der Waals surface area contributed by atoms with Crippen molar-refractivity contribution in [2.75, 3.05) is 18.4 Å². The average molecular weight is 394 g/mol. The number of hydrogen-bond donors (Lipinski definition) is 2. The summed E-state index contributed by atoms with van der Waals surface area (Å²) in [7, 11) is 0. The topological polar surface area (TPSA) is 84.7 Å². The lowest BCUT2D eigenvalue weighted by atomic mass is 10.1. The second-order valence-electron chi connectivity index (χ2n) is 7.24. The summed E-state index contributed by atoms with van der Waals surface area (Å²) < 4.78 is 15.3. The van der Waals surface area contributed by atoms with Gasteiger partial charge in [-0.15, -0.1) is 5.10 Å². The van der Waals surface area contributed by atoms with Crippen molar-refractivity contribution in [3.05, 3.63) is 59.7 Å². The standard InChI is InChI=1S/C21H23FN6O/c1-14-11-16(6-7-17(14)22)18-12-19(15-4-5-15)28(27-18)13-21(29)24-10-9-23-20-3-2-8-25-26-20/h2-3,6-8,11-12,15H,4-5,9-10,13H2,1H3,(H,23,26)(H,24,29). The van der Waals surface area contributed by atoms with Crippen molar-refractivity contribution < 1.29 is 9.18 Å². The first-order valence-electron chi connectivity index (χ1n) is 9.72.